The minimum atomic E-state index is 0.00107. The Bertz CT molecular complexity index is 1260. The van der Waals surface area contributed by atoms with Crippen molar-refractivity contribution in [1.29, 1.82) is 0 Å². The van der Waals surface area contributed by atoms with Crippen molar-refractivity contribution in [3.63, 3.8) is 0 Å². The summed E-state index contributed by atoms with van der Waals surface area (Å²) in [6.45, 7) is 0. The van der Waals surface area contributed by atoms with Crippen LogP contribution < -0.4 is 5.32 Å². The number of benzene rings is 1. The van der Waals surface area contributed by atoms with E-state index < -0.39 is 0 Å². The lowest BCUT2D eigenvalue weighted by Gasteiger charge is -2.27. The number of aryl methyl sites for hydroxylation is 3. The first-order chi connectivity index (χ1) is 15.3. The van der Waals surface area contributed by atoms with Crippen molar-refractivity contribution < 1.29 is 4.79 Å². The van der Waals surface area contributed by atoms with Gasteiger partial charge in [-0.15, -0.1) is 0 Å². The van der Waals surface area contributed by atoms with Gasteiger partial charge in [-0.2, -0.15) is 0 Å². The van der Waals surface area contributed by atoms with E-state index in [0.29, 0.717) is 5.69 Å². The Balaban J connectivity index is 1.28. The SMILES string of the molecule is O=C(NC1CCCc2cc(-c3ncnc4[nH]ccc34)ccc21)c1cc2c([nH]1)CCCC2. The van der Waals surface area contributed by atoms with Gasteiger partial charge in [0, 0.05) is 22.8 Å². The average Bonchev–Trinajstić information content (AvgIpc) is 3.46. The molecule has 0 fully saturated rings. The van der Waals surface area contributed by atoms with Crippen molar-refractivity contribution in [2.24, 2.45) is 0 Å². The monoisotopic (exact) mass is 411 g/mol. The van der Waals surface area contributed by atoms with Gasteiger partial charge in [0.1, 0.15) is 17.7 Å². The summed E-state index contributed by atoms with van der Waals surface area (Å²) in [6.07, 6.45) is 11.1. The van der Waals surface area contributed by atoms with Crippen LogP contribution in [0.4, 0.5) is 0 Å². The molecule has 3 aromatic heterocycles. The average molecular weight is 412 g/mol. The highest BCUT2D eigenvalue weighted by Gasteiger charge is 2.24. The molecule has 0 saturated carbocycles. The molecular formula is C25H25N5O. The Morgan fingerprint density at radius 1 is 1.00 bits per heavy atom. The molecule has 2 aliphatic rings. The molecule has 6 rings (SSSR count). The summed E-state index contributed by atoms with van der Waals surface area (Å²) in [5.41, 5.74) is 8.65. The molecular weight excluding hydrogens is 386 g/mol. The number of fused-ring (bicyclic) bond motifs is 3. The summed E-state index contributed by atoms with van der Waals surface area (Å²) in [5, 5.41) is 4.31. The normalized spacial score (nSPS) is 17.9. The van der Waals surface area contributed by atoms with E-state index in [1.165, 1.54) is 35.2 Å². The lowest BCUT2D eigenvalue weighted by molar-refractivity contribution is 0.0928. The largest absolute Gasteiger partial charge is 0.354 e. The molecule has 0 aliphatic heterocycles. The molecule has 6 heteroatoms. The number of aromatic amines is 2. The lowest BCUT2D eigenvalue weighted by Crippen LogP contribution is -2.31. The second-order valence-electron chi connectivity index (χ2n) is 8.69. The van der Waals surface area contributed by atoms with Crippen molar-refractivity contribution in [2.45, 2.75) is 51.0 Å². The zero-order valence-corrected chi connectivity index (χ0v) is 17.4. The standard InChI is InChI=1S/C25H25N5O/c31-25(22-13-16-4-1-2-6-20(16)29-22)30-21-7-3-5-15-12-17(8-9-18(15)21)23-19-10-11-26-24(19)28-14-27-23/h8-14,21,29H,1-7H2,(H,30,31)(H,26,27,28). The van der Waals surface area contributed by atoms with Gasteiger partial charge in [0.2, 0.25) is 0 Å². The molecule has 1 unspecified atom stereocenters. The maximum absolute atomic E-state index is 13.0. The Labute approximate surface area is 180 Å². The molecule has 156 valence electrons. The molecule has 31 heavy (non-hydrogen) atoms. The summed E-state index contributed by atoms with van der Waals surface area (Å²) >= 11 is 0. The smallest absolute Gasteiger partial charge is 0.268 e. The molecule has 1 aromatic carbocycles. The van der Waals surface area contributed by atoms with Crippen LogP contribution in [0, 0.1) is 0 Å². The summed E-state index contributed by atoms with van der Waals surface area (Å²) in [5.74, 6) is 0.00107. The number of nitrogens with one attached hydrogen (secondary N) is 3. The predicted molar refractivity (Wildman–Crippen MR) is 120 cm³/mol. The first-order valence-corrected chi connectivity index (χ1v) is 11.2. The topological polar surface area (TPSA) is 86.5 Å². The molecule has 1 atom stereocenters. The van der Waals surface area contributed by atoms with Crippen LogP contribution in [0.5, 0.6) is 0 Å². The molecule has 0 radical (unpaired) electrons. The van der Waals surface area contributed by atoms with Crippen molar-refractivity contribution in [3.05, 3.63) is 70.9 Å². The quantitative estimate of drug-likeness (QED) is 0.459. The van der Waals surface area contributed by atoms with E-state index in [-0.39, 0.29) is 11.9 Å². The molecule has 3 N–H and O–H groups in total. The zero-order chi connectivity index (χ0) is 20.8. The first kappa shape index (κ1) is 18.4. The predicted octanol–water partition coefficient (Wildman–Crippen LogP) is 4.64. The van der Waals surface area contributed by atoms with Gasteiger partial charge in [0.05, 0.1) is 11.7 Å². The number of carbonyl (C=O) groups excluding carboxylic acids is 1. The number of nitrogens with zero attached hydrogens (tertiary/aromatic N) is 2. The molecule has 4 aromatic rings. The summed E-state index contributed by atoms with van der Waals surface area (Å²) < 4.78 is 0. The van der Waals surface area contributed by atoms with E-state index in [9.17, 15) is 4.79 Å². The number of H-pyrrole nitrogens is 2. The van der Waals surface area contributed by atoms with Crippen LogP contribution in [0.1, 0.15) is 64.6 Å². The van der Waals surface area contributed by atoms with Gasteiger partial charge in [0.15, 0.2) is 0 Å². The third-order valence-electron chi connectivity index (χ3n) is 6.75. The number of amides is 1. The van der Waals surface area contributed by atoms with E-state index in [1.54, 1.807) is 6.33 Å². The fraction of sp³-hybridized carbons (Fsp3) is 0.320. The molecule has 0 spiro atoms. The van der Waals surface area contributed by atoms with Crippen LogP contribution in [0.2, 0.25) is 0 Å². The molecule has 1 amide bonds. The van der Waals surface area contributed by atoms with E-state index in [1.807, 2.05) is 18.3 Å². The van der Waals surface area contributed by atoms with Gasteiger partial charge in [-0.3, -0.25) is 4.79 Å². The Hall–Kier alpha value is -3.41. The third-order valence-corrected chi connectivity index (χ3v) is 6.75. The van der Waals surface area contributed by atoms with Crippen LogP contribution in [0.25, 0.3) is 22.3 Å². The van der Waals surface area contributed by atoms with Crippen molar-refractivity contribution in [1.82, 2.24) is 25.3 Å². The molecule has 2 aliphatic carbocycles. The van der Waals surface area contributed by atoms with Gasteiger partial charge >= 0.3 is 0 Å². The van der Waals surface area contributed by atoms with Crippen LogP contribution in [0.15, 0.2) is 42.9 Å². The van der Waals surface area contributed by atoms with Crippen LogP contribution in [-0.2, 0) is 19.3 Å². The van der Waals surface area contributed by atoms with Crippen LogP contribution in [-0.4, -0.2) is 25.8 Å². The first-order valence-electron chi connectivity index (χ1n) is 11.2. The second kappa shape index (κ2) is 7.38. The van der Waals surface area contributed by atoms with E-state index >= 15 is 0 Å². The lowest BCUT2D eigenvalue weighted by atomic mass is 9.86. The van der Waals surface area contributed by atoms with Crippen LogP contribution >= 0.6 is 0 Å². The zero-order valence-electron chi connectivity index (χ0n) is 17.4. The highest BCUT2D eigenvalue weighted by atomic mass is 16.1. The highest BCUT2D eigenvalue weighted by Crippen LogP contribution is 2.34. The summed E-state index contributed by atoms with van der Waals surface area (Å²) in [4.78, 5) is 28.3. The number of hydrogen-bond acceptors (Lipinski definition) is 3. The molecule has 0 saturated heterocycles. The molecule has 3 heterocycles. The van der Waals surface area contributed by atoms with Gasteiger partial charge < -0.3 is 15.3 Å². The molecule has 6 nitrogen and oxygen atoms in total. The van der Waals surface area contributed by atoms with Gasteiger partial charge in [-0.25, -0.2) is 9.97 Å². The Morgan fingerprint density at radius 3 is 2.84 bits per heavy atom. The number of carbonyl (C=O) groups is 1. The van der Waals surface area contributed by atoms with Gasteiger partial charge in [0.25, 0.3) is 5.91 Å². The maximum Gasteiger partial charge on any atom is 0.268 e. The fourth-order valence-corrected chi connectivity index (χ4v) is 5.18. The maximum atomic E-state index is 13.0. The van der Waals surface area contributed by atoms with E-state index in [4.69, 9.17) is 0 Å². The number of aromatic nitrogens is 4. The van der Waals surface area contributed by atoms with Gasteiger partial charge in [-0.1, -0.05) is 12.1 Å². The second-order valence-corrected chi connectivity index (χ2v) is 8.69. The van der Waals surface area contributed by atoms with E-state index in [0.717, 1.165) is 54.4 Å². The van der Waals surface area contributed by atoms with Gasteiger partial charge in [-0.05, 0) is 79.8 Å². The number of hydrogen-bond donors (Lipinski definition) is 3. The van der Waals surface area contributed by atoms with E-state index in [2.05, 4.69) is 43.5 Å². The Morgan fingerprint density at radius 2 is 1.90 bits per heavy atom. The minimum Gasteiger partial charge on any atom is -0.354 e. The summed E-state index contributed by atoms with van der Waals surface area (Å²) in [7, 11) is 0. The van der Waals surface area contributed by atoms with Crippen molar-refractivity contribution >= 4 is 16.9 Å². The van der Waals surface area contributed by atoms with Crippen LogP contribution in [0.3, 0.4) is 0 Å². The van der Waals surface area contributed by atoms with Crippen molar-refractivity contribution in [3.8, 4) is 11.3 Å². The van der Waals surface area contributed by atoms with Crippen molar-refractivity contribution in [2.75, 3.05) is 0 Å². The number of rotatable bonds is 3. The molecule has 0 bridgehead atoms. The summed E-state index contributed by atoms with van der Waals surface area (Å²) in [6, 6.07) is 10.6. The highest BCUT2D eigenvalue weighted by molar-refractivity contribution is 5.93. The fourth-order valence-electron chi connectivity index (χ4n) is 5.18. The Kier molecular flexibility index (Phi) is 4.37. The minimum absolute atomic E-state index is 0.00107. The third kappa shape index (κ3) is 3.23.